The first kappa shape index (κ1) is 26.1. The van der Waals surface area contributed by atoms with Crippen LogP contribution in [0.3, 0.4) is 0 Å². The van der Waals surface area contributed by atoms with E-state index in [9.17, 15) is 19.2 Å². The number of ether oxygens (including phenoxy) is 1. The number of hydrogen-bond donors (Lipinski definition) is 1. The molecule has 1 N–H and O–H groups in total. The zero-order chi connectivity index (χ0) is 25.4. The van der Waals surface area contributed by atoms with E-state index >= 15 is 4.39 Å². The highest BCUT2D eigenvalue weighted by atomic mass is 19.3. The smallest absolute Gasteiger partial charge is 0.384 e. The van der Waals surface area contributed by atoms with Crippen LogP contribution in [-0.2, 0) is 9.68 Å². The van der Waals surface area contributed by atoms with Crippen molar-refractivity contribution in [3.63, 3.8) is 0 Å². The summed E-state index contributed by atoms with van der Waals surface area (Å²) >= 11 is 0. The van der Waals surface area contributed by atoms with E-state index in [-0.39, 0.29) is 24.0 Å². The number of rotatable bonds is 10. The number of aromatic nitrogens is 1. The van der Waals surface area contributed by atoms with Crippen LogP contribution in [0.15, 0.2) is 17.1 Å². The molecule has 0 amide bonds. The Morgan fingerprint density at radius 3 is 2.56 bits per heavy atom. The molecular weight excluding hydrogens is 446 g/mol. The minimum Gasteiger partial charge on any atom is -0.390 e. The summed E-state index contributed by atoms with van der Waals surface area (Å²) in [5.74, 6) is -2.12. The number of carbonyl (C=O) groups is 1. The number of methoxy groups -OCH3 is 1. The van der Waals surface area contributed by atoms with Crippen LogP contribution in [0.25, 0.3) is 10.9 Å². The van der Waals surface area contributed by atoms with Crippen LogP contribution < -0.4 is 10.3 Å². The van der Waals surface area contributed by atoms with Crippen molar-refractivity contribution in [3.8, 4) is 0 Å². The van der Waals surface area contributed by atoms with Gasteiger partial charge >= 0.3 is 5.97 Å². The number of pyridine rings is 1. The number of aryl methyl sites for hydroxylation is 1. The largest absolute Gasteiger partial charge is 0.390 e. The molecule has 1 aliphatic rings. The van der Waals surface area contributed by atoms with Gasteiger partial charge in [-0.2, -0.15) is 0 Å². The molecule has 0 spiro atoms. The van der Waals surface area contributed by atoms with Crippen LogP contribution >= 0.6 is 0 Å². The topological polar surface area (TPSA) is 81.0 Å². The molecular formula is C25H34F2N2O5. The van der Waals surface area contributed by atoms with E-state index in [1.807, 2.05) is 32.6 Å². The van der Waals surface area contributed by atoms with Crippen molar-refractivity contribution in [2.24, 2.45) is 11.3 Å². The van der Waals surface area contributed by atoms with Crippen molar-refractivity contribution < 1.29 is 28.5 Å². The summed E-state index contributed by atoms with van der Waals surface area (Å²) in [5.41, 5.74) is -0.145. The Balaban J connectivity index is 2.15. The lowest BCUT2D eigenvalue weighted by Gasteiger charge is -2.40. The molecule has 1 saturated carbocycles. The van der Waals surface area contributed by atoms with E-state index < -0.39 is 34.3 Å². The fourth-order valence-corrected chi connectivity index (χ4v) is 4.71. The highest BCUT2D eigenvalue weighted by Gasteiger charge is 2.35. The minimum absolute atomic E-state index is 0.0211. The van der Waals surface area contributed by atoms with Gasteiger partial charge in [0.15, 0.2) is 0 Å². The molecule has 1 aromatic heterocycles. The normalized spacial score (nSPS) is 15.9. The Hall–Kier alpha value is -2.52. The predicted molar refractivity (Wildman–Crippen MR) is 126 cm³/mol. The molecule has 188 valence electrons. The first-order valence-corrected chi connectivity index (χ1v) is 11.6. The minimum atomic E-state index is -1.39. The van der Waals surface area contributed by atoms with Crippen molar-refractivity contribution in [2.75, 3.05) is 31.7 Å². The first-order chi connectivity index (χ1) is 16.0. The van der Waals surface area contributed by atoms with E-state index in [4.69, 9.17) is 4.74 Å². The number of aliphatic hydroxyl groups excluding tert-OH is 1. The monoisotopic (exact) mass is 480 g/mol. The Labute approximate surface area is 198 Å². The van der Waals surface area contributed by atoms with Gasteiger partial charge in [-0.3, -0.25) is 4.79 Å². The fourth-order valence-electron chi connectivity index (χ4n) is 4.71. The number of hydrogen-bond acceptors (Lipinski definition) is 6. The quantitative estimate of drug-likeness (QED) is 0.546. The molecule has 2 unspecified atom stereocenters. The van der Waals surface area contributed by atoms with Crippen molar-refractivity contribution in [1.82, 2.24) is 4.57 Å². The second kappa shape index (κ2) is 10.00. The molecule has 1 fully saturated rings. The molecule has 0 bridgehead atoms. The lowest BCUT2D eigenvalue weighted by molar-refractivity contribution is -0.0789. The van der Waals surface area contributed by atoms with Crippen LogP contribution in [0.1, 0.15) is 62.5 Å². The summed E-state index contributed by atoms with van der Waals surface area (Å²) in [5, 5.41) is 10.5. The van der Waals surface area contributed by atoms with Crippen LogP contribution in [0.2, 0.25) is 0 Å². The zero-order valence-corrected chi connectivity index (χ0v) is 20.7. The van der Waals surface area contributed by atoms with Gasteiger partial charge < -0.3 is 19.3 Å². The molecule has 7 nitrogen and oxygen atoms in total. The number of anilines is 1. The van der Waals surface area contributed by atoms with E-state index in [0.717, 1.165) is 18.9 Å². The maximum atomic E-state index is 15.6. The van der Waals surface area contributed by atoms with Gasteiger partial charge in [-0.05, 0) is 49.7 Å². The molecule has 1 heterocycles. The SMILES string of the molecule is CCN(CC(C)(C)C(C)C(O)COC)c1c(F)cc2c(=O)c(C(=O)OF)cn(C3CC3)c2c1C. The summed E-state index contributed by atoms with van der Waals surface area (Å²) in [6, 6.07) is 1.18. The Bertz CT molecular complexity index is 1130. The average molecular weight is 481 g/mol. The predicted octanol–water partition coefficient (Wildman–Crippen LogP) is 4.32. The molecule has 2 aromatic rings. The van der Waals surface area contributed by atoms with Gasteiger partial charge in [0, 0.05) is 42.4 Å². The van der Waals surface area contributed by atoms with Gasteiger partial charge in [-0.25, -0.2) is 14.1 Å². The lowest BCUT2D eigenvalue weighted by atomic mass is 9.76. The third-order valence-electron chi connectivity index (χ3n) is 7.15. The second-order valence-electron chi connectivity index (χ2n) is 9.92. The lowest BCUT2D eigenvalue weighted by Crippen LogP contribution is -2.43. The third kappa shape index (κ3) is 4.81. The summed E-state index contributed by atoms with van der Waals surface area (Å²) in [4.78, 5) is 30.0. The van der Waals surface area contributed by atoms with Crippen LogP contribution in [0, 0.1) is 24.1 Å². The van der Waals surface area contributed by atoms with Crippen molar-refractivity contribution >= 4 is 22.6 Å². The average Bonchev–Trinajstić information content (AvgIpc) is 3.63. The van der Waals surface area contributed by atoms with Gasteiger partial charge in [0.2, 0.25) is 5.43 Å². The molecule has 0 aliphatic heterocycles. The second-order valence-corrected chi connectivity index (χ2v) is 9.92. The van der Waals surface area contributed by atoms with Gasteiger partial charge in [0.1, 0.15) is 11.4 Å². The van der Waals surface area contributed by atoms with E-state index in [1.54, 1.807) is 11.5 Å². The Kier molecular flexibility index (Phi) is 7.67. The molecule has 3 rings (SSSR count). The first-order valence-electron chi connectivity index (χ1n) is 11.6. The number of carbonyl (C=O) groups excluding carboxylic acids is 1. The maximum Gasteiger partial charge on any atom is 0.384 e. The summed E-state index contributed by atoms with van der Waals surface area (Å²) in [6.45, 7) is 10.8. The maximum absolute atomic E-state index is 15.6. The van der Waals surface area contributed by atoms with Gasteiger partial charge in [0.05, 0.1) is 23.9 Å². The van der Waals surface area contributed by atoms with Crippen LogP contribution in [0.4, 0.5) is 14.6 Å². The summed E-state index contributed by atoms with van der Waals surface area (Å²) < 4.78 is 35.0. The van der Waals surface area contributed by atoms with Crippen molar-refractivity contribution in [1.29, 1.82) is 0 Å². The number of fused-ring (bicyclic) bond motifs is 1. The van der Waals surface area contributed by atoms with Crippen molar-refractivity contribution in [3.05, 3.63) is 39.4 Å². The Morgan fingerprint density at radius 1 is 1.38 bits per heavy atom. The van der Waals surface area contributed by atoms with Crippen LogP contribution in [-0.4, -0.2) is 48.6 Å². The molecule has 2 atom stereocenters. The summed E-state index contributed by atoms with van der Waals surface area (Å²) in [6.07, 6.45) is 2.33. The molecule has 0 radical (unpaired) electrons. The molecule has 1 aromatic carbocycles. The van der Waals surface area contributed by atoms with Crippen molar-refractivity contribution in [2.45, 2.75) is 59.6 Å². The molecule has 9 heteroatoms. The van der Waals surface area contributed by atoms with E-state index in [1.165, 1.54) is 13.3 Å². The van der Waals surface area contributed by atoms with E-state index in [2.05, 4.69) is 4.94 Å². The standard InChI is InChI=1S/C25H34F2N2O5/c1-7-28(13-25(4,5)15(3)20(30)12-33-6)22-14(2)21-17(10-19(22)26)23(31)18(24(32)34-27)11-29(21)16-8-9-16/h10-11,15-16,20,30H,7-9,12-13H2,1-6H3. The van der Waals surface area contributed by atoms with E-state index in [0.29, 0.717) is 29.9 Å². The molecule has 1 aliphatic carbocycles. The Morgan fingerprint density at radius 2 is 2.03 bits per heavy atom. The highest BCUT2D eigenvalue weighted by Crippen LogP contribution is 2.41. The van der Waals surface area contributed by atoms with Gasteiger partial charge in [0.25, 0.3) is 0 Å². The highest BCUT2D eigenvalue weighted by molar-refractivity contribution is 5.95. The number of benzene rings is 1. The number of nitrogens with zero attached hydrogens (tertiary/aromatic N) is 2. The van der Waals surface area contributed by atoms with Gasteiger partial charge in [-0.15, -0.1) is 0 Å². The van der Waals surface area contributed by atoms with Crippen LogP contribution in [0.5, 0.6) is 0 Å². The molecule has 0 saturated heterocycles. The fraction of sp³-hybridized carbons (Fsp3) is 0.600. The summed E-state index contributed by atoms with van der Waals surface area (Å²) in [7, 11) is 1.53. The zero-order valence-electron chi connectivity index (χ0n) is 20.7. The third-order valence-corrected chi connectivity index (χ3v) is 7.15. The number of halogens is 2. The number of aliphatic hydroxyl groups is 1. The van der Waals surface area contributed by atoms with Gasteiger partial charge in [-0.1, -0.05) is 20.8 Å². The molecule has 34 heavy (non-hydrogen) atoms.